The number of allylic oxidation sites excluding steroid dienone is 2. The summed E-state index contributed by atoms with van der Waals surface area (Å²) < 4.78 is 32.4. The summed E-state index contributed by atoms with van der Waals surface area (Å²) in [7, 11) is 0. The van der Waals surface area contributed by atoms with Gasteiger partial charge in [-0.1, -0.05) is 57.2 Å². The number of hydrogen-bond donors (Lipinski definition) is 1. The summed E-state index contributed by atoms with van der Waals surface area (Å²) in [5.41, 5.74) is 1.88. The minimum Gasteiger partial charge on any atom is -0.460 e. The van der Waals surface area contributed by atoms with Crippen LogP contribution in [0.3, 0.4) is 0 Å². The Morgan fingerprint density at radius 3 is 1.74 bits per heavy atom. The zero-order valence-corrected chi connectivity index (χ0v) is 21.2. The summed E-state index contributed by atoms with van der Waals surface area (Å²) >= 11 is 0. The van der Waals surface area contributed by atoms with Gasteiger partial charge in [-0.15, -0.1) is 0 Å². The number of carbonyl (C=O) groups is 2. The molecule has 0 aliphatic heterocycles. The van der Waals surface area contributed by atoms with E-state index in [9.17, 15) is 23.5 Å². The smallest absolute Gasteiger partial charge is 0.313 e. The molecular formula is C29H34F2O4. The largest absolute Gasteiger partial charge is 0.460 e. The van der Waals surface area contributed by atoms with Crippen LogP contribution in [0.1, 0.15) is 65.5 Å². The molecule has 1 N–H and O–H groups in total. The average Bonchev–Trinajstić information content (AvgIpc) is 2.70. The van der Waals surface area contributed by atoms with E-state index in [1.165, 1.54) is 30.3 Å². The van der Waals surface area contributed by atoms with Crippen molar-refractivity contribution in [2.24, 2.45) is 5.41 Å². The van der Waals surface area contributed by atoms with Crippen LogP contribution in [0.25, 0.3) is 5.57 Å². The van der Waals surface area contributed by atoms with Crippen molar-refractivity contribution in [2.75, 3.05) is 0 Å². The molecule has 0 radical (unpaired) electrons. The molecule has 0 aliphatic carbocycles. The van der Waals surface area contributed by atoms with Crippen molar-refractivity contribution < 1.29 is 28.2 Å². The minimum atomic E-state index is -1.12. The Kier molecular flexibility index (Phi) is 9.27. The molecular weight excluding hydrogens is 450 g/mol. The van der Waals surface area contributed by atoms with E-state index < -0.39 is 35.3 Å². The lowest BCUT2D eigenvalue weighted by Gasteiger charge is -2.26. The molecule has 2 aromatic carbocycles. The Bertz CT molecular complexity index is 1040. The van der Waals surface area contributed by atoms with Gasteiger partial charge in [0.05, 0.1) is 6.10 Å². The van der Waals surface area contributed by atoms with E-state index in [1.54, 1.807) is 51.1 Å². The van der Waals surface area contributed by atoms with Gasteiger partial charge in [-0.05, 0) is 72.7 Å². The molecule has 0 saturated heterocycles. The molecule has 0 aliphatic rings. The summed E-state index contributed by atoms with van der Waals surface area (Å²) in [4.78, 5) is 24.1. The van der Waals surface area contributed by atoms with Crippen molar-refractivity contribution in [1.82, 2.24) is 0 Å². The predicted molar refractivity (Wildman–Crippen MR) is 134 cm³/mol. The van der Waals surface area contributed by atoms with Crippen molar-refractivity contribution in [3.8, 4) is 0 Å². The standard InChI is InChI=1S/C29H34F2O4/c1-28(2,3)25(16-15-23(32)17-24(33)18-26(34)35-29(4,5)6)27(19-7-11-21(30)12-8-19)20-9-13-22(31)14-10-20/h7-16,23,32H,17-18H2,1-6H3. The molecule has 2 aromatic rings. The van der Waals surface area contributed by atoms with Crippen LogP contribution in [0.2, 0.25) is 0 Å². The van der Waals surface area contributed by atoms with Gasteiger partial charge < -0.3 is 9.84 Å². The molecule has 0 fully saturated rings. The fourth-order valence-electron chi connectivity index (χ4n) is 3.54. The number of aliphatic hydroxyl groups is 1. The fourth-order valence-corrected chi connectivity index (χ4v) is 3.54. The number of carbonyl (C=O) groups excluding carboxylic acids is 2. The number of ether oxygens (including phenoxy) is 1. The van der Waals surface area contributed by atoms with Crippen LogP contribution in [0.5, 0.6) is 0 Å². The SMILES string of the molecule is CC(C)(C)OC(=O)CC(=O)CC(O)C=CC(=C(c1ccc(F)cc1)c1ccc(F)cc1)C(C)(C)C. The second-order valence-electron chi connectivity index (χ2n) is 10.5. The van der Waals surface area contributed by atoms with Crippen LogP contribution in [0.15, 0.2) is 66.3 Å². The van der Waals surface area contributed by atoms with E-state index in [1.807, 2.05) is 20.8 Å². The molecule has 35 heavy (non-hydrogen) atoms. The van der Waals surface area contributed by atoms with Crippen molar-refractivity contribution in [2.45, 2.75) is 66.1 Å². The van der Waals surface area contributed by atoms with Gasteiger partial charge in [0, 0.05) is 6.42 Å². The van der Waals surface area contributed by atoms with Gasteiger partial charge in [-0.25, -0.2) is 8.78 Å². The van der Waals surface area contributed by atoms with E-state index >= 15 is 0 Å². The molecule has 0 aromatic heterocycles. The Labute approximate surface area is 206 Å². The zero-order chi connectivity index (χ0) is 26.4. The first-order valence-electron chi connectivity index (χ1n) is 11.5. The summed E-state index contributed by atoms with van der Waals surface area (Å²) in [5, 5.41) is 10.5. The molecule has 188 valence electrons. The Morgan fingerprint density at radius 2 is 1.34 bits per heavy atom. The Hall–Kier alpha value is -3.12. The van der Waals surface area contributed by atoms with E-state index in [4.69, 9.17) is 4.74 Å². The number of hydrogen-bond acceptors (Lipinski definition) is 4. The number of halogens is 2. The predicted octanol–water partition coefficient (Wildman–Crippen LogP) is 6.42. The third-order valence-corrected chi connectivity index (χ3v) is 5.03. The molecule has 0 amide bonds. The van der Waals surface area contributed by atoms with Crippen LogP contribution in [-0.4, -0.2) is 28.6 Å². The van der Waals surface area contributed by atoms with Crippen LogP contribution < -0.4 is 0 Å². The van der Waals surface area contributed by atoms with E-state index in [0.29, 0.717) is 0 Å². The van der Waals surface area contributed by atoms with Gasteiger partial charge in [-0.2, -0.15) is 0 Å². The van der Waals surface area contributed by atoms with Gasteiger partial charge in [0.25, 0.3) is 0 Å². The van der Waals surface area contributed by atoms with Gasteiger partial charge in [0.2, 0.25) is 0 Å². The molecule has 0 saturated carbocycles. The van der Waals surface area contributed by atoms with Crippen molar-refractivity contribution in [3.05, 3.63) is 89.0 Å². The van der Waals surface area contributed by atoms with Crippen LogP contribution >= 0.6 is 0 Å². The lowest BCUT2D eigenvalue weighted by Crippen LogP contribution is -2.26. The third-order valence-electron chi connectivity index (χ3n) is 5.03. The highest BCUT2D eigenvalue weighted by Crippen LogP contribution is 2.37. The molecule has 2 rings (SSSR count). The first kappa shape index (κ1) is 28.1. The Balaban J connectivity index is 2.40. The van der Waals surface area contributed by atoms with Crippen LogP contribution in [-0.2, 0) is 14.3 Å². The number of rotatable bonds is 8. The van der Waals surface area contributed by atoms with Crippen molar-refractivity contribution >= 4 is 17.3 Å². The number of ketones is 1. The summed E-state index contributed by atoms with van der Waals surface area (Å²) in [6.45, 7) is 11.1. The monoisotopic (exact) mass is 484 g/mol. The summed E-state index contributed by atoms with van der Waals surface area (Å²) in [5.74, 6) is -1.82. The lowest BCUT2D eigenvalue weighted by molar-refractivity contribution is -0.156. The zero-order valence-electron chi connectivity index (χ0n) is 21.2. The molecule has 4 nitrogen and oxygen atoms in total. The maximum Gasteiger partial charge on any atom is 0.313 e. The van der Waals surface area contributed by atoms with E-state index in [0.717, 1.165) is 22.3 Å². The maximum atomic E-state index is 13.6. The highest BCUT2D eigenvalue weighted by atomic mass is 19.1. The fraction of sp³-hybridized carbons (Fsp3) is 0.379. The van der Waals surface area contributed by atoms with Gasteiger partial charge >= 0.3 is 5.97 Å². The van der Waals surface area contributed by atoms with E-state index in [-0.39, 0.29) is 18.1 Å². The second-order valence-corrected chi connectivity index (χ2v) is 10.5. The first-order valence-corrected chi connectivity index (χ1v) is 11.5. The molecule has 1 atom stereocenters. The van der Waals surface area contributed by atoms with Crippen LogP contribution in [0.4, 0.5) is 8.78 Å². The summed E-state index contributed by atoms with van der Waals surface area (Å²) in [6.07, 6.45) is 1.45. The lowest BCUT2D eigenvalue weighted by atomic mass is 9.79. The number of benzene rings is 2. The highest BCUT2D eigenvalue weighted by molar-refractivity contribution is 5.96. The van der Waals surface area contributed by atoms with Gasteiger partial charge in [0.1, 0.15) is 29.4 Å². The number of Topliss-reactive ketones (excluding diaryl/α,β-unsaturated/α-hetero) is 1. The molecule has 0 spiro atoms. The molecule has 1 unspecified atom stereocenters. The second kappa shape index (κ2) is 11.5. The van der Waals surface area contributed by atoms with Crippen LogP contribution in [0, 0.1) is 17.0 Å². The molecule has 0 heterocycles. The van der Waals surface area contributed by atoms with Crippen molar-refractivity contribution in [3.63, 3.8) is 0 Å². The highest BCUT2D eigenvalue weighted by Gasteiger charge is 2.23. The normalized spacial score (nSPS) is 12.9. The summed E-state index contributed by atoms with van der Waals surface area (Å²) in [6, 6.07) is 12.0. The molecule has 6 heteroatoms. The third kappa shape index (κ3) is 9.21. The maximum absolute atomic E-state index is 13.6. The minimum absolute atomic E-state index is 0.240. The molecule has 0 bridgehead atoms. The van der Waals surface area contributed by atoms with Gasteiger partial charge in [0.15, 0.2) is 0 Å². The topological polar surface area (TPSA) is 63.6 Å². The van der Waals surface area contributed by atoms with E-state index in [2.05, 4.69) is 0 Å². The number of esters is 1. The quantitative estimate of drug-likeness (QED) is 0.267. The van der Waals surface area contributed by atoms with Crippen molar-refractivity contribution in [1.29, 1.82) is 0 Å². The van der Waals surface area contributed by atoms with Gasteiger partial charge in [-0.3, -0.25) is 9.59 Å². The first-order chi connectivity index (χ1) is 16.2. The Morgan fingerprint density at radius 1 is 0.886 bits per heavy atom. The average molecular weight is 485 g/mol. The number of aliphatic hydroxyl groups excluding tert-OH is 1.